The van der Waals surface area contributed by atoms with Gasteiger partial charge in [0, 0.05) is 53.2 Å². The molecule has 206 valence electrons. The van der Waals surface area contributed by atoms with E-state index in [1.54, 1.807) is 23.5 Å². The van der Waals surface area contributed by atoms with E-state index >= 15 is 0 Å². The molecular weight excluding hydrogens is 559 g/mol. The molecule has 0 N–H and O–H groups in total. The van der Waals surface area contributed by atoms with Crippen LogP contribution in [0.2, 0.25) is 0 Å². The molecule has 6 aromatic carbocycles. The Balaban J connectivity index is 1.32. The Kier molecular flexibility index (Phi) is 4.60. The quantitative estimate of drug-likeness (QED) is 0.206. The van der Waals surface area contributed by atoms with Crippen molar-refractivity contribution in [1.82, 2.24) is 15.0 Å². The highest BCUT2D eigenvalue weighted by molar-refractivity contribution is 7.26. The molecule has 0 bridgehead atoms. The molecule has 9 rings (SSSR count). The number of rotatable bonds is 4. The first kappa shape index (κ1) is 20.3. The molecule has 44 heavy (non-hydrogen) atoms. The fourth-order valence-electron chi connectivity index (χ4n) is 5.87. The summed E-state index contributed by atoms with van der Waals surface area (Å²) >= 11 is 1.71. The zero-order chi connectivity index (χ0) is 33.4. The fraction of sp³-hybridized carbons (Fsp3) is 0. The van der Waals surface area contributed by atoms with Crippen molar-refractivity contribution in [3.63, 3.8) is 0 Å². The highest BCUT2D eigenvalue weighted by Crippen LogP contribution is 2.42. The topological polar surface area (TPSA) is 51.8 Å². The minimum absolute atomic E-state index is 0.0856. The van der Waals surface area contributed by atoms with Crippen molar-refractivity contribution in [3.8, 4) is 45.3 Å². The molecule has 0 saturated heterocycles. The number of hydrogen-bond acceptors (Lipinski definition) is 5. The summed E-state index contributed by atoms with van der Waals surface area (Å²) in [6, 6.07) is 33.7. The van der Waals surface area contributed by atoms with Gasteiger partial charge in [0.1, 0.15) is 11.2 Å². The Morgan fingerprint density at radius 2 is 1.18 bits per heavy atom. The van der Waals surface area contributed by atoms with E-state index in [4.69, 9.17) is 26.2 Å². The Morgan fingerprint density at radius 1 is 0.523 bits per heavy atom. The third-order valence-corrected chi connectivity index (χ3v) is 9.07. The number of benzene rings is 6. The second-order valence-electron chi connectivity index (χ2n) is 10.4. The molecule has 0 aliphatic carbocycles. The third kappa shape index (κ3) is 3.94. The van der Waals surface area contributed by atoms with Gasteiger partial charge in [-0.25, -0.2) is 15.0 Å². The summed E-state index contributed by atoms with van der Waals surface area (Å²) in [5.41, 5.74) is 3.95. The Labute approximate surface area is 264 Å². The van der Waals surface area contributed by atoms with Gasteiger partial charge >= 0.3 is 0 Å². The molecule has 3 heterocycles. The first-order valence-corrected chi connectivity index (χ1v) is 14.9. The second kappa shape index (κ2) is 9.97. The average Bonchev–Trinajstić information content (AvgIpc) is 3.73. The summed E-state index contributed by atoms with van der Waals surface area (Å²) in [6.07, 6.45) is 0. The lowest BCUT2D eigenvalue weighted by molar-refractivity contribution is 0.670. The van der Waals surface area contributed by atoms with Gasteiger partial charge in [-0.3, -0.25) is 0 Å². The van der Waals surface area contributed by atoms with E-state index in [9.17, 15) is 0 Å². The molecule has 3 aromatic heterocycles. The van der Waals surface area contributed by atoms with Gasteiger partial charge in [0.25, 0.3) is 0 Å². The minimum atomic E-state index is -0.441. The number of hydrogen-bond donors (Lipinski definition) is 0. The van der Waals surface area contributed by atoms with Crippen molar-refractivity contribution in [1.29, 1.82) is 0 Å². The second-order valence-corrected chi connectivity index (χ2v) is 11.5. The molecular formula is C39H23N3OS. The summed E-state index contributed by atoms with van der Waals surface area (Å²) < 4.78 is 50.5. The summed E-state index contributed by atoms with van der Waals surface area (Å²) in [5, 5.41) is 3.79. The maximum absolute atomic E-state index is 8.62. The highest BCUT2D eigenvalue weighted by Gasteiger charge is 2.20. The van der Waals surface area contributed by atoms with Crippen molar-refractivity contribution in [2.45, 2.75) is 0 Å². The molecule has 0 aliphatic rings. The molecule has 0 spiro atoms. The van der Waals surface area contributed by atoms with Crippen LogP contribution in [0.25, 0.3) is 87.4 Å². The van der Waals surface area contributed by atoms with Crippen LogP contribution in [0.5, 0.6) is 0 Å². The normalized spacial score (nSPS) is 13.2. The molecule has 0 aliphatic heterocycles. The summed E-state index contributed by atoms with van der Waals surface area (Å²) in [5.74, 6) is 1.54. The third-order valence-electron chi connectivity index (χ3n) is 7.85. The molecule has 0 saturated carbocycles. The first-order valence-electron chi connectivity index (χ1n) is 16.6. The molecule has 0 atom stereocenters. The Bertz CT molecular complexity index is 2770. The SMILES string of the molecule is [2H]c1c([2H])c([2H])c(-c2cccc3c2oc2cccc(-c4nc(-c5ccccc5)nc(-c5cccc6c5sc5ccccc56)n4)c23)c([2H])c1[2H]. The van der Waals surface area contributed by atoms with Gasteiger partial charge in [-0.05, 0) is 23.8 Å². The average molecular weight is 587 g/mol. The predicted molar refractivity (Wildman–Crippen MR) is 182 cm³/mol. The van der Waals surface area contributed by atoms with Crippen molar-refractivity contribution < 1.29 is 11.3 Å². The molecule has 0 fully saturated rings. The van der Waals surface area contributed by atoms with E-state index in [1.807, 2.05) is 72.8 Å². The maximum atomic E-state index is 8.62. The first-order chi connectivity index (χ1) is 23.9. The van der Waals surface area contributed by atoms with E-state index in [1.165, 1.54) is 10.1 Å². The van der Waals surface area contributed by atoms with Crippen molar-refractivity contribution >= 4 is 53.4 Å². The minimum Gasteiger partial charge on any atom is -0.455 e. The van der Waals surface area contributed by atoms with E-state index in [0.29, 0.717) is 39.6 Å². The molecule has 0 amide bonds. The number of para-hydroxylation sites is 1. The van der Waals surface area contributed by atoms with Crippen molar-refractivity contribution in [3.05, 3.63) is 139 Å². The molecule has 5 heteroatoms. The lowest BCUT2D eigenvalue weighted by Crippen LogP contribution is -2.00. The van der Waals surface area contributed by atoms with Crippen LogP contribution in [-0.4, -0.2) is 15.0 Å². The number of thiophene rings is 1. The lowest BCUT2D eigenvalue weighted by Gasteiger charge is -2.10. The van der Waals surface area contributed by atoms with Gasteiger partial charge in [-0.15, -0.1) is 11.3 Å². The monoisotopic (exact) mass is 586 g/mol. The Hall–Kier alpha value is -5.65. The van der Waals surface area contributed by atoms with Crippen LogP contribution >= 0.6 is 11.3 Å². The Morgan fingerprint density at radius 3 is 2.05 bits per heavy atom. The number of fused-ring (bicyclic) bond motifs is 6. The van der Waals surface area contributed by atoms with Crippen LogP contribution < -0.4 is 0 Å². The van der Waals surface area contributed by atoms with Crippen molar-refractivity contribution in [2.75, 3.05) is 0 Å². The van der Waals surface area contributed by atoms with Crippen molar-refractivity contribution in [2.24, 2.45) is 0 Å². The van der Waals surface area contributed by atoms with E-state index in [2.05, 4.69) is 24.3 Å². The molecule has 0 unspecified atom stereocenters. The maximum Gasteiger partial charge on any atom is 0.165 e. The summed E-state index contributed by atoms with van der Waals surface area (Å²) in [6.45, 7) is 0. The van der Waals surface area contributed by atoms with E-state index < -0.39 is 18.1 Å². The van der Waals surface area contributed by atoms with Gasteiger partial charge in [0.2, 0.25) is 0 Å². The van der Waals surface area contributed by atoms with Gasteiger partial charge in [0.05, 0.1) is 6.85 Å². The molecule has 9 aromatic rings. The van der Waals surface area contributed by atoms with Crippen LogP contribution in [-0.2, 0) is 0 Å². The van der Waals surface area contributed by atoms with Gasteiger partial charge in [-0.1, -0.05) is 121 Å². The largest absolute Gasteiger partial charge is 0.455 e. The fourth-order valence-corrected chi connectivity index (χ4v) is 7.08. The predicted octanol–water partition coefficient (Wildman–Crippen LogP) is 10.8. The summed E-state index contributed by atoms with van der Waals surface area (Å²) in [4.78, 5) is 15.1. The smallest absolute Gasteiger partial charge is 0.165 e. The van der Waals surface area contributed by atoms with E-state index in [0.717, 1.165) is 32.2 Å². The number of nitrogens with zero attached hydrogens (tertiary/aromatic N) is 3. The number of furan rings is 1. The van der Waals surface area contributed by atoms with Gasteiger partial charge in [-0.2, -0.15) is 0 Å². The van der Waals surface area contributed by atoms with Crippen LogP contribution in [0, 0.1) is 0 Å². The molecule has 4 nitrogen and oxygen atoms in total. The van der Waals surface area contributed by atoms with Crippen LogP contribution in [0.4, 0.5) is 0 Å². The van der Waals surface area contributed by atoms with E-state index in [-0.39, 0.29) is 17.6 Å². The van der Waals surface area contributed by atoms with Crippen LogP contribution in [0.3, 0.4) is 0 Å². The van der Waals surface area contributed by atoms with Gasteiger partial charge in [0.15, 0.2) is 17.5 Å². The number of aromatic nitrogens is 3. The standard InChI is InChI=1S/C39H23N3OS/c1-3-12-24(13-4-1)26-17-9-19-29-34-30(20-11-22-32(34)43-35(26)29)38-40-37(25-14-5-2-6-15-25)41-39(42-38)31-21-10-18-28-27-16-7-8-23-33(27)44-36(28)31/h1-23H/i1D,3D,4D,12D,13D. The van der Waals surface area contributed by atoms with Crippen LogP contribution in [0.1, 0.15) is 6.85 Å². The lowest BCUT2D eigenvalue weighted by atomic mass is 10.0. The molecule has 0 radical (unpaired) electrons. The summed E-state index contributed by atoms with van der Waals surface area (Å²) in [7, 11) is 0. The zero-order valence-corrected chi connectivity index (χ0v) is 23.9. The zero-order valence-electron chi connectivity index (χ0n) is 28.1. The van der Waals surface area contributed by atoms with Crippen LogP contribution in [0.15, 0.2) is 144 Å². The highest BCUT2D eigenvalue weighted by atomic mass is 32.1. The van der Waals surface area contributed by atoms with Gasteiger partial charge < -0.3 is 4.42 Å².